The number of pyridine rings is 1. The SMILES string of the molecule is Cc1ccccc1-c1ccc2c(c1)c1ccccc1n2-c1ccc(-c2ccc(-n3c4ccccc4c4cc(-c5ncccc5C)ccc43)cc2)cc1. The first-order valence-corrected chi connectivity index (χ1v) is 17.9. The number of aromatic nitrogens is 3. The van der Waals surface area contributed by atoms with E-state index in [1.54, 1.807) is 0 Å². The van der Waals surface area contributed by atoms with E-state index in [4.69, 9.17) is 4.98 Å². The molecule has 0 saturated heterocycles. The smallest absolute Gasteiger partial charge is 0.0731 e. The molecule has 3 heterocycles. The molecule has 3 heteroatoms. The Morgan fingerprint density at radius 3 is 1.40 bits per heavy atom. The van der Waals surface area contributed by atoms with Crippen molar-refractivity contribution in [2.24, 2.45) is 0 Å². The van der Waals surface area contributed by atoms with Gasteiger partial charge in [-0.2, -0.15) is 0 Å². The second kappa shape index (κ2) is 12.0. The molecule has 10 aromatic rings. The van der Waals surface area contributed by atoms with Crippen molar-refractivity contribution >= 4 is 43.6 Å². The molecule has 10 rings (SSSR count). The topological polar surface area (TPSA) is 22.8 Å². The van der Waals surface area contributed by atoms with Gasteiger partial charge in [0.2, 0.25) is 0 Å². The summed E-state index contributed by atoms with van der Waals surface area (Å²) in [6.07, 6.45) is 1.87. The Balaban J connectivity index is 1.01. The van der Waals surface area contributed by atoms with Gasteiger partial charge >= 0.3 is 0 Å². The molecule has 7 aromatic carbocycles. The molecule has 0 bridgehead atoms. The predicted molar refractivity (Wildman–Crippen MR) is 219 cm³/mol. The molecule has 246 valence electrons. The van der Waals surface area contributed by atoms with Crippen LogP contribution in [0, 0.1) is 13.8 Å². The Morgan fingerprint density at radius 2 is 0.827 bits per heavy atom. The lowest BCUT2D eigenvalue weighted by atomic mass is 9.99. The molecule has 0 aliphatic heterocycles. The van der Waals surface area contributed by atoms with Crippen LogP contribution in [0.5, 0.6) is 0 Å². The standard InChI is InChI=1S/C49H35N3/c1-32-10-3-4-12-40(32)36-21-27-47-43(30-36)41-13-5-7-15-45(41)51(47)38-23-17-34(18-24-38)35-19-25-39(26-20-35)52-46-16-8-6-14-42(46)44-31-37(22-28-48(44)52)49-33(2)11-9-29-50-49/h3-31H,1-2H3. The van der Waals surface area contributed by atoms with E-state index in [0.717, 1.165) is 22.6 Å². The van der Waals surface area contributed by atoms with Gasteiger partial charge in [0.1, 0.15) is 0 Å². The highest BCUT2D eigenvalue weighted by atomic mass is 15.0. The van der Waals surface area contributed by atoms with Crippen LogP contribution in [-0.2, 0) is 0 Å². The van der Waals surface area contributed by atoms with Gasteiger partial charge in [0.15, 0.2) is 0 Å². The number of para-hydroxylation sites is 2. The molecule has 0 N–H and O–H groups in total. The number of hydrogen-bond donors (Lipinski definition) is 0. The van der Waals surface area contributed by atoms with E-state index in [0.29, 0.717) is 0 Å². The summed E-state index contributed by atoms with van der Waals surface area (Å²) >= 11 is 0. The zero-order chi connectivity index (χ0) is 34.8. The van der Waals surface area contributed by atoms with Crippen LogP contribution >= 0.6 is 0 Å². The Bertz CT molecular complexity index is 2760. The highest BCUT2D eigenvalue weighted by molar-refractivity contribution is 6.11. The van der Waals surface area contributed by atoms with E-state index in [9.17, 15) is 0 Å². The lowest BCUT2D eigenvalue weighted by Crippen LogP contribution is -1.95. The number of hydrogen-bond acceptors (Lipinski definition) is 1. The molecular weight excluding hydrogens is 631 g/mol. The monoisotopic (exact) mass is 665 g/mol. The van der Waals surface area contributed by atoms with Crippen molar-refractivity contribution in [2.45, 2.75) is 13.8 Å². The third-order valence-electron chi connectivity index (χ3n) is 10.7. The molecule has 3 nitrogen and oxygen atoms in total. The largest absolute Gasteiger partial charge is 0.309 e. The maximum absolute atomic E-state index is 4.69. The minimum atomic E-state index is 1.03. The molecule has 52 heavy (non-hydrogen) atoms. The molecule has 0 aliphatic carbocycles. The number of rotatable bonds is 5. The number of nitrogens with zero attached hydrogens (tertiary/aromatic N) is 3. The first kappa shape index (κ1) is 30.1. The average molecular weight is 666 g/mol. The van der Waals surface area contributed by atoms with Crippen molar-refractivity contribution < 1.29 is 0 Å². The molecule has 0 atom stereocenters. The third-order valence-corrected chi connectivity index (χ3v) is 10.7. The maximum atomic E-state index is 4.69. The highest BCUT2D eigenvalue weighted by Gasteiger charge is 2.16. The van der Waals surface area contributed by atoms with Crippen molar-refractivity contribution in [2.75, 3.05) is 0 Å². The summed E-state index contributed by atoms with van der Waals surface area (Å²) < 4.78 is 4.77. The van der Waals surface area contributed by atoms with Gasteiger partial charge in [-0.3, -0.25) is 4.98 Å². The second-order valence-corrected chi connectivity index (χ2v) is 13.7. The van der Waals surface area contributed by atoms with Gasteiger partial charge in [-0.1, -0.05) is 103 Å². The Labute approximate surface area is 302 Å². The van der Waals surface area contributed by atoms with Crippen LogP contribution in [-0.4, -0.2) is 14.1 Å². The van der Waals surface area contributed by atoms with Crippen LogP contribution in [0.15, 0.2) is 176 Å². The maximum Gasteiger partial charge on any atom is 0.0731 e. The van der Waals surface area contributed by atoms with Crippen LogP contribution in [0.2, 0.25) is 0 Å². The molecule has 0 saturated carbocycles. The van der Waals surface area contributed by atoms with Gasteiger partial charge in [-0.05, 0) is 114 Å². The van der Waals surface area contributed by atoms with Gasteiger partial charge in [0.25, 0.3) is 0 Å². The molecule has 0 amide bonds. The average Bonchev–Trinajstić information content (AvgIpc) is 3.71. The summed E-state index contributed by atoms with van der Waals surface area (Å²) in [5.74, 6) is 0. The van der Waals surface area contributed by atoms with Gasteiger partial charge in [-0.25, -0.2) is 0 Å². The predicted octanol–water partition coefficient (Wildman–Crippen LogP) is 12.9. The minimum Gasteiger partial charge on any atom is -0.309 e. The van der Waals surface area contributed by atoms with E-state index in [2.05, 4.69) is 187 Å². The van der Waals surface area contributed by atoms with E-state index in [1.807, 2.05) is 12.3 Å². The first-order valence-electron chi connectivity index (χ1n) is 17.9. The summed E-state index contributed by atoms with van der Waals surface area (Å²) in [6.45, 7) is 4.31. The molecule has 0 aliphatic rings. The van der Waals surface area contributed by atoms with Crippen LogP contribution in [0.3, 0.4) is 0 Å². The number of aryl methyl sites for hydroxylation is 2. The summed E-state index contributed by atoms with van der Waals surface area (Å²) in [5, 5.41) is 5.00. The molecule has 3 aromatic heterocycles. The van der Waals surface area contributed by atoms with Crippen molar-refractivity contribution in [1.82, 2.24) is 14.1 Å². The van der Waals surface area contributed by atoms with E-state index in [1.165, 1.54) is 77.0 Å². The Kier molecular flexibility index (Phi) is 6.94. The van der Waals surface area contributed by atoms with Crippen molar-refractivity contribution in [3.63, 3.8) is 0 Å². The molecule has 0 spiro atoms. The van der Waals surface area contributed by atoms with Gasteiger partial charge < -0.3 is 9.13 Å². The molecule has 0 radical (unpaired) electrons. The fourth-order valence-electron chi connectivity index (χ4n) is 8.11. The van der Waals surface area contributed by atoms with Crippen molar-refractivity contribution in [3.05, 3.63) is 187 Å². The Morgan fingerprint density at radius 1 is 0.365 bits per heavy atom. The fraction of sp³-hybridized carbons (Fsp3) is 0.0408. The molecule has 0 unspecified atom stereocenters. The third kappa shape index (κ3) is 4.78. The summed E-state index contributed by atoms with van der Waals surface area (Å²) in [5.41, 5.74) is 16.6. The van der Waals surface area contributed by atoms with Crippen LogP contribution in [0.4, 0.5) is 0 Å². The summed E-state index contributed by atoms with van der Waals surface area (Å²) in [4.78, 5) is 4.69. The Hall–Kier alpha value is -6.71. The van der Waals surface area contributed by atoms with Gasteiger partial charge in [0, 0.05) is 44.7 Å². The lowest BCUT2D eigenvalue weighted by molar-refractivity contribution is 1.18. The number of fused-ring (bicyclic) bond motifs is 6. The van der Waals surface area contributed by atoms with E-state index >= 15 is 0 Å². The fourth-order valence-corrected chi connectivity index (χ4v) is 8.11. The van der Waals surface area contributed by atoms with Crippen LogP contribution < -0.4 is 0 Å². The zero-order valence-electron chi connectivity index (χ0n) is 29.1. The quantitative estimate of drug-likeness (QED) is 0.179. The first-order chi connectivity index (χ1) is 25.6. The number of benzene rings is 7. The van der Waals surface area contributed by atoms with Gasteiger partial charge in [0.05, 0.1) is 27.8 Å². The minimum absolute atomic E-state index is 1.03. The van der Waals surface area contributed by atoms with Crippen molar-refractivity contribution in [1.29, 1.82) is 0 Å². The van der Waals surface area contributed by atoms with Crippen molar-refractivity contribution in [3.8, 4) is 44.9 Å². The van der Waals surface area contributed by atoms with Crippen LogP contribution in [0.25, 0.3) is 88.5 Å². The highest BCUT2D eigenvalue weighted by Crippen LogP contribution is 2.38. The lowest BCUT2D eigenvalue weighted by Gasteiger charge is -2.12. The van der Waals surface area contributed by atoms with E-state index < -0.39 is 0 Å². The second-order valence-electron chi connectivity index (χ2n) is 13.7. The van der Waals surface area contributed by atoms with Gasteiger partial charge in [-0.15, -0.1) is 0 Å². The summed E-state index contributed by atoms with van der Waals surface area (Å²) in [7, 11) is 0. The molecular formula is C49H35N3. The van der Waals surface area contributed by atoms with E-state index in [-0.39, 0.29) is 0 Å². The summed E-state index contributed by atoms with van der Waals surface area (Å²) in [6, 6.07) is 61.7. The molecule has 0 fully saturated rings. The van der Waals surface area contributed by atoms with Crippen LogP contribution in [0.1, 0.15) is 11.1 Å². The zero-order valence-corrected chi connectivity index (χ0v) is 29.1. The normalized spacial score (nSPS) is 11.7.